The molecule has 0 radical (unpaired) electrons. The van der Waals surface area contributed by atoms with Gasteiger partial charge in [-0.2, -0.15) is 0 Å². The maximum absolute atomic E-state index is 12.8. The molecule has 2 amide bonds. The zero-order chi connectivity index (χ0) is 22.4. The summed E-state index contributed by atoms with van der Waals surface area (Å²) in [5.41, 5.74) is 2.95. The van der Waals surface area contributed by atoms with Gasteiger partial charge in [0.1, 0.15) is 0 Å². The zero-order valence-corrected chi connectivity index (χ0v) is 18.0. The van der Waals surface area contributed by atoms with Gasteiger partial charge in [0.25, 0.3) is 15.9 Å². The molecule has 0 spiro atoms. The number of hydrogen-bond acceptors (Lipinski definition) is 4. The van der Waals surface area contributed by atoms with Crippen molar-refractivity contribution in [2.45, 2.75) is 25.3 Å². The lowest BCUT2D eigenvalue weighted by Gasteiger charge is -2.13. The third-order valence-corrected chi connectivity index (χ3v) is 5.86. The molecular formula is C23H23N3O4S. The lowest BCUT2D eigenvalue weighted by molar-refractivity contribution is -0.114. The molecule has 0 aliphatic carbocycles. The van der Waals surface area contributed by atoms with Crippen molar-refractivity contribution in [2.24, 2.45) is 0 Å². The summed E-state index contributed by atoms with van der Waals surface area (Å²) in [5.74, 6) is -0.640. The van der Waals surface area contributed by atoms with Crippen LogP contribution in [0.1, 0.15) is 28.4 Å². The summed E-state index contributed by atoms with van der Waals surface area (Å²) >= 11 is 0. The standard InChI is InChI=1S/C23H23N3O4S/c1-16-7-9-18(10-8-16)15-24-23(28)21-5-3-4-6-22(21)26-31(29,30)20-13-11-19(12-14-20)25-17(2)27/h3-14,26H,15H2,1-2H3,(H,24,28)(H,25,27). The highest BCUT2D eigenvalue weighted by molar-refractivity contribution is 7.92. The Kier molecular flexibility index (Phi) is 6.71. The van der Waals surface area contributed by atoms with Gasteiger partial charge in [-0.3, -0.25) is 14.3 Å². The Morgan fingerprint density at radius 3 is 2.16 bits per heavy atom. The summed E-state index contributed by atoms with van der Waals surface area (Å²) in [6.45, 7) is 3.68. The third-order valence-electron chi connectivity index (χ3n) is 4.47. The van der Waals surface area contributed by atoms with Crippen LogP contribution in [-0.2, 0) is 21.4 Å². The lowest BCUT2D eigenvalue weighted by atomic mass is 10.1. The fraction of sp³-hybridized carbons (Fsp3) is 0.130. The molecule has 0 unspecified atom stereocenters. The van der Waals surface area contributed by atoms with Crippen LogP contribution in [0.25, 0.3) is 0 Å². The predicted octanol–water partition coefficient (Wildman–Crippen LogP) is 3.68. The molecule has 3 N–H and O–H groups in total. The number of para-hydroxylation sites is 1. The van der Waals surface area contributed by atoms with E-state index in [-0.39, 0.29) is 28.0 Å². The number of nitrogens with one attached hydrogen (secondary N) is 3. The van der Waals surface area contributed by atoms with E-state index in [1.807, 2.05) is 31.2 Å². The Bertz CT molecular complexity index is 1190. The second-order valence-electron chi connectivity index (χ2n) is 7.02. The normalized spacial score (nSPS) is 10.9. The van der Waals surface area contributed by atoms with E-state index < -0.39 is 10.0 Å². The number of benzene rings is 3. The minimum atomic E-state index is -3.93. The molecule has 160 valence electrons. The van der Waals surface area contributed by atoms with Gasteiger partial charge in [-0.15, -0.1) is 0 Å². The SMILES string of the molecule is CC(=O)Nc1ccc(S(=O)(=O)Nc2ccccc2C(=O)NCc2ccc(C)cc2)cc1. The van der Waals surface area contributed by atoms with Crippen LogP contribution in [-0.4, -0.2) is 20.2 Å². The average molecular weight is 438 g/mol. The summed E-state index contributed by atoms with van der Waals surface area (Å²) in [6.07, 6.45) is 0. The first kappa shape index (κ1) is 22.0. The number of amides is 2. The van der Waals surface area contributed by atoms with Crippen molar-refractivity contribution in [1.82, 2.24) is 5.32 Å². The van der Waals surface area contributed by atoms with Crippen molar-refractivity contribution in [3.8, 4) is 0 Å². The first-order valence-electron chi connectivity index (χ1n) is 9.58. The van der Waals surface area contributed by atoms with E-state index in [2.05, 4.69) is 15.4 Å². The van der Waals surface area contributed by atoms with Crippen LogP contribution in [0.2, 0.25) is 0 Å². The second kappa shape index (κ2) is 9.44. The summed E-state index contributed by atoms with van der Waals surface area (Å²) < 4.78 is 28.1. The highest BCUT2D eigenvalue weighted by Crippen LogP contribution is 2.21. The highest BCUT2D eigenvalue weighted by atomic mass is 32.2. The van der Waals surface area contributed by atoms with Crippen LogP contribution < -0.4 is 15.4 Å². The number of carbonyl (C=O) groups is 2. The molecule has 0 fully saturated rings. The minimum absolute atomic E-state index is 0.0106. The molecule has 0 saturated carbocycles. The molecular weight excluding hydrogens is 414 g/mol. The Morgan fingerprint density at radius 1 is 0.871 bits per heavy atom. The first-order chi connectivity index (χ1) is 14.7. The van der Waals surface area contributed by atoms with Crippen LogP contribution in [0.5, 0.6) is 0 Å². The predicted molar refractivity (Wildman–Crippen MR) is 120 cm³/mol. The summed E-state index contributed by atoms with van der Waals surface area (Å²) in [4.78, 5) is 23.8. The maximum atomic E-state index is 12.8. The number of anilines is 2. The van der Waals surface area contributed by atoms with Crippen LogP contribution >= 0.6 is 0 Å². The molecule has 0 heterocycles. The van der Waals surface area contributed by atoms with Crippen LogP contribution in [0.3, 0.4) is 0 Å². The van der Waals surface area contributed by atoms with Gasteiger partial charge in [0.05, 0.1) is 16.1 Å². The van der Waals surface area contributed by atoms with E-state index >= 15 is 0 Å². The van der Waals surface area contributed by atoms with Crippen molar-refractivity contribution in [1.29, 1.82) is 0 Å². The van der Waals surface area contributed by atoms with E-state index in [9.17, 15) is 18.0 Å². The van der Waals surface area contributed by atoms with Crippen molar-refractivity contribution >= 4 is 33.2 Å². The first-order valence-corrected chi connectivity index (χ1v) is 11.1. The number of rotatable bonds is 7. The molecule has 0 aromatic heterocycles. The number of hydrogen-bond donors (Lipinski definition) is 3. The van der Waals surface area contributed by atoms with Crippen LogP contribution in [0, 0.1) is 6.92 Å². The molecule has 0 saturated heterocycles. The van der Waals surface area contributed by atoms with Gasteiger partial charge >= 0.3 is 0 Å². The van der Waals surface area contributed by atoms with Gasteiger partial charge in [-0.25, -0.2) is 8.42 Å². The molecule has 0 aliphatic heterocycles. The minimum Gasteiger partial charge on any atom is -0.348 e. The molecule has 0 bridgehead atoms. The Hall–Kier alpha value is -3.65. The molecule has 7 nitrogen and oxygen atoms in total. The van der Waals surface area contributed by atoms with Crippen LogP contribution in [0.4, 0.5) is 11.4 Å². The van der Waals surface area contributed by atoms with Gasteiger partial charge in [0.15, 0.2) is 0 Å². The maximum Gasteiger partial charge on any atom is 0.261 e. The molecule has 0 aliphatic rings. The molecule has 3 aromatic carbocycles. The van der Waals surface area contributed by atoms with Gasteiger partial charge in [0.2, 0.25) is 5.91 Å². The fourth-order valence-corrected chi connectivity index (χ4v) is 3.96. The van der Waals surface area contributed by atoms with Crippen molar-refractivity contribution in [3.63, 3.8) is 0 Å². The van der Waals surface area contributed by atoms with Crippen molar-refractivity contribution in [3.05, 3.63) is 89.5 Å². The van der Waals surface area contributed by atoms with Gasteiger partial charge in [0, 0.05) is 19.2 Å². The molecule has 8 heteroatoms. The molecule has 3 rings (SSSR count). The Morgan fingerprint density at radius 2 is 1.52 bits per heavy atom. The summed E-state index contributed by atoms with van der Waals surface area (Å²) in [7, 11) is -3.93. The summed E-state index contributed by atoms with van der Waals surface area (Å²) in [5, 5.41) is 5.39. The number of aryl methyl sites for hydroxylation is 1. The van der Waals surface area contributed by atoms with E-state index in [0.717, 1.165) is 11.1 Å². The number of sulfonamides is 1. The fourth-order valence-electron chi connectivity index (χ4n) is 2.88. The topological polar surface area (TPSA) is 104 Å². The van der Waals surface area contributed by atoms with Gasteiger partial charge < -0.3 is 10.6 Å². The Labute approximate surface area is 181 Å². The Balaban J connectivity index is 1.75. The average Bonchev–Trinajstić information content (AvgIpc) is 2.73. The van der Waals surface area contributed by atoms with Crippen LogP contribution in [0.15, 0.2) is 77.7 Å². The van der Waals surface area contributed by atoms with Crippen molar-refractivity contribution in [2.75, 3.05) is 10.0 Å². The smallest absolute Gasteiger partial charge is 0.261 e. The van der Waals surface area contributed by atoms with E-state index in [4.69, 9.17) is 0 Å². The largest absolute Gasteiger partial charge is 0.348 e. The van der Waals surface area contributed by atoms with E-state index in [1.54, 1.807) is 18.2 Å². The highest BCUT2D eigenvalue weighted by Gasteiger charge is 2.18. The zero-order valence-electron chi connectivity index (χ0n) is 17.2. The van der Waals surface area contributed by atoms with Crippen molar-refractivity contribution < 1.29 is 18.0 Å². The second-order valence-corrected chi connectivity index (χ2v) is 8.71. The third kappa shape index (κ3) is 5.93. The van der Waals surface area contributed by atoms with E-state index in [0.29, 0.717) is 12.2 Å². The molecule has 31 heavy (non-hydrogen) atoms. The molecule has 3 aromatic rings. The van der Waals surface area contributed by atoms with Gasteiger partial charge in [-0.1, -0.05) is 42.0 Å². The lowest BCUT2D eigenvalue weighted by Crippen LogP contribution is -2.25. The summed E-state index contributed by atoms with van der Waals surface area (Å²) in [6, 6.07) is 19.9. The van der Waals surface area contributed by atoms with E-state index in [1.165, 1.54) is 37.3 Å². The monoisotopic (exact) mass is 437 g/mol. The van der Waals surface area contributed by atoms with Gasteiger partial charge in [-0.05, 0) is 48.9 Å². The molecule has 0 atom stereocenters. The quantitative estimate of drug-likeness (QED) is 0.524. The number of carbonyl (C=O) groups excluding carboxylic acids is 2.